The molecule has 1 N–H and O–H groups in total. The molecule has 1 aliphatic carbocycles. The molecule has 1 aromatic heterocycles. The molecule has 0 radical (unpaired) electrons. The van der Waals surface area contributed by atoms with Crippen LogP contribution in [0.1, 0.15) is 41.3 Å². The number of thiazole rings is 1. The summed E-state index contributed by atoms with van der Waals surface area (Å²) < 4.78 is 27.5. The van der Waals surface area contributed by atoms with Gasteiger partial charge in [0.15, 0.2) is 0 Å². The Kier molecular flexibility index (Phi) is 5.84. The number of aryl methyl sites for hydroxylation is 2. The Morgan fingerprint density at radius 3 is 2.66 bits per heavy atom. The Morgan fingerprint density at radius 1 is 1.17 bits per heavy atom. The molecular formula is C19H24N4O4S2. The topological polar surface area (TPSA) is 105 Å². The summed E-state index contributed by atoms with van der Waals surface area (Å²) in [6.07, 6.45) is 6.86. The molecule has 1 aliphatic heterocycles. The van der Waals surface area contributed by atoms with Gasteiger partial charge in [0.1, 0.15) is 4.90 Å². The molecule has 2 heterocycles. The summed E-state index contributed by atoms with van der Waals surface area (Å²) in [5.74, 6) is 0. The molecule has 0 saturated carbocycles. The fraction of sp³-hybridized carbons (Fsp3) is 0.526. The molecule has 2 aliphatic rings. The second-order valence-corrected chi connectivity index (χ2v) is 10.5. The molecule has 0 amide bonds. The molecule has 1 saturated heterocycles. The molecule has 0 atom stereocenters. The van der Waals surface area contributed by atoms with E-state index in [1.807, 2.05) is 0 Å². The van der Waals surface area contributed by atoms with E-state index in [2.05, 4.69) is 5.32 Å². The van der Waals surface area contributed by atoms with Gasteiger partial charge in [-0.25, -0.2) is 13.4 Å². The molecule has 156 valence electrons. The number of benzene rings is 1. The van der Waals surface area contributed by atoms with Crippen LogP contribution >= 0.6 is 11.3 Å². The van der Waals surface area contributed by atoms with Crippen molar-refractivity contribution in [1.82, 2.24) is 9.29 Å². The zero-order chi connectivity index (χ0) is 20.4. The Bertz CT molecular complexity index is 990. The lowest BCUT2D eigenvalue weighted by Crippen LogP contribution is -2.28. The first-order valence-electron chi connectivity index (χ1n) is 9.95. The Labute approximate surface area is 174 Å². The monoisotopic (exact) mass is 436 g/mol. The van der Waals surface area contributed by atoms with Crippen molar-refractivity contribution < 1.29 is 13.3 Å². The maximum absolute atomic E-state index is 13.0. The number of rotatable bonds is 7. The summed E-state index contributed by atoms with van der Waals surface area (Å²) in [7, 11) is -3.77. The normalized spacial score (nSPS) is 17.2. The van der Waals surface area contributed by atoms with Crippen molar-refractivity contribution in [2.24, 2.45) is 0 Å². The average molecular weight is 437 g/mol. The smallest absolute Gasteiger partial charge is 0.270 e. The third-order valence-corrected chi connectivity index (χ3v) is 8.56. The van der Waals surface area contributed by atoms with Crippen LogP contribution in [0.2, 0.25) is 0 Å². The maximum Gasteiger partial charge on any atom is 0.270 e. The van der Waals surface area contributed by atoms with Crippen LogP contribution in [0.5, 0.6) is 0 Å². The first-order valence-corrected chi connectivity index (χ1v) is 12.2. The van der Waals surface area contributed by atoms with Gasteiger partial charge >= 0.3 is 0 Å². The minimum Gasteiger partial charge on any atom is -0.384 e. The van der Waals surface area contributed by atoms with Gasteiger partial charge in [-0.05, 0) is 44.6 Å². The number of sulfonamides is 1. The molecule has 0 unspecified atom stereocenters. The van der Waals surface area contributed by atoms with Crippen molar-refractivity contribution in [2.75, 3.05) is 25.0 Å². The average Bonchev–Trinajstić information content (AvgIpc) is 3.38. The second kappa shape index (κ2) is 8.37. The number of hydrogen-bond donors (Lipinski definition) is 1. The summed E-state index contributed by atoms with van der Waals surface area (Å²) in [5.41, 5.74) is 1.40. The van der Waals surface area contributed by atoms with Crippen LogP contribution in [0.15, 0.2) is 23.1 Å². The van der Waals surface area contributed by atoms with Crippen LogP contribution in [0.25, 0.3) is 0 Å². The highest BCUT2D eigenvalue weighted by molar-refractivity contribution is 7.89. The van der Waals surface area contributed by atoms with E-state index in [9.17, 15) is 18.5 Å². The van der Waals surface area contributed by atoms with Gasteiger partial charge in [0.2, 0.25) is 10.0 Å². The number of fused-ring (bicyclic) bond motifs is 1. The minimum atomic E-state index is -3.77. The Balaban J connectivity index is 1.53. The molecule has 1 aromatic carbocycles. The van der Waals surface area contributed by atoms with E-state index in [0.717, 1.165) is 36.8 Å². The number of nitro groups is 1. The van der Waals surface area contributed by atoms with E-state index in [1.54, 1.807) is 11.3 Å². The lowest BCUT2D eigenvalue weighted by atomic mass is 10.0. The van der Waals surface area contributed by atoms with E-state index in [1.165, 1.54) is 39.9 Å². The molecule has 0 bridgehead atoms. The fourth-order valence-electron chi connectivity index (χ4n) is 3.87. The molecule has 10 heteroatoms. The molecular weight excluding hydrogens is 412 g/mol. The molecule has 0 spiro atoms. The summed E-state index contributed by atoms with van der Waals surface area (Å²) in [6, 6.07) is 4.00. The van der Waals surface area contributed by atoms with Gasteiger partial charge < -0.3 is 5.32 Å². The van der Waals surface area contributed by atoms with Crippen LogP contribution in [-0.2, 0) is 29.3 Å². The molecule has 2 aromatic rings. The lowest BCUT2D eigenvalue weighted by Gasteiger charge is -2.18. The SMILES string of the molecule is O=[N+]([O-])c1ccc(NCCc2nc3c(s2)CCCC3)c(S(=O)(=O)N2CCCC2)c1. The number of aromatic nitrogens is 1. The van der Waals surface area contributed by atoms with Gasteiger partial charge in [0.05, 0.1) is 21.3 Å². The van der Waals surface area contributed by atoms with Crippen molar-refractivity contribution in [3.8, 4) is 0 Å². The quantitative estimate of drug-likeness (QED) is 0.527. The highest BCUT2D eigenvalue weighted by atomic mass is 32.2. The fourth-order valence-corrected chi connectivity index (χ4v) is 6.73. The number of nitrogens with one attached hydrogen (secondary N) is 1. The Morgan fingerprint density at radius 2 is 1.93 bits per heavy atom. The summed E-state index contributed by atoms with van der Waals surface area (Å²) in [6.45, 7) is 1.43. The van der Waals surface area contributed by atoms with Crippen molar-refractivity contribution >= 4 is 32.7 Å². The van der Waals surface area contributed by atoms with Crippen molar-refractivity contribution in [2.45, 2.75) is 49.8 Å². The predicted octanol–water partition coefficient (Wildman–Crippen LogP) is 3.37. The molecule has 8 nitrogen and oxygen atoms in total. The van der Waals surface area contributed by atoms with Gasteiger partial charge in [-0.2, -0.15) is 4.31 Å². The molecule has 4 rings (SSSR count). The van der Waals surface area contributed by atoms with Gasteiger partial charge in [0, 0.05) is 43.1 Å². The van der Waals surface area contributed by atoms with E-state index in [4.69, 9.17) is 4.98 Å². The van der Waals surface area contributed by atoms with Crippen molar-refractivity contribution in [1.29, 1.82) is 0 Å². The van der Waals surface area contributed by atoms with Crippen LogP contribution in [0.3, 0.4) is 0 Å². The third kappa shape index (κ3) is 4.29. The number of nitro benzene ring substituents is 1. The summed E-state index contributed by atoms with van der Waals surface area (Å²) >= 11 is 1.74. The molecule has 29 heavy (non-hydrogen) atoms. The number of non-ortho nitro benzene ring substituents is 1. The third-order valence-electron chi connectivity index (χ3n) is 5.40. The van der Waals surface area contributed by atoms with Gasteiger partial charge in [-0.15, -0.1) is 11.3 Å². The first-order chi connectivity index (χ1) is 13.9. The van der Waals surface area contributed by atoms with Crippen molar-refractivity contribution in [3.63, 3.8) is 0 Å². The maximum atomic E-state index is 13.0. The van der Waals surface area contributed by atoms with Gasteiger partial charge in [-0.3, -0.25) is 10.1 Å². The number of anilines is 1. The summed E-state index contributed by atoms with van der Waals surface area (Å²) in [5, 5.41) is 15.4. The van der Waals surface area contributed by atoms with Crippen LogP contribution < -0.4 is 5.32 Å². The zero-order valence-corrected chi connectivity index (χ0v) is 17.7. The van der Waals surface area contributed by atoms with E-state index in [0.29, 0.717) is 31.7 Å². The standard InChI is InChI=1S/C19H24N4O4S2/c24-23(25)14-7-8-16(18(13-14)29(26,27)22-11-3-4-12-22)20-10-9-19-21-15-5-1-2-6-17(15)28-19/h7-8,13,20H,1-6,9-12H2. The van der Waals surface area contributed by atoms with Crippen LogP contribution in [-0.4, -0.2) is 42.3 Å². The highest BCUT2D eigenvalue weighted by Gasteiger charge is 2.31. The van der Waals surface area contributed by atoms with E-state index < -0.39 is 14.9 Å². The predicted molar refractivity (Wildman–Crippen MR) is 112 cm³/mol. The minimum absolute atomic E-state index is 0.0213. The highest BCUT2D eigenvalue weighted by Crippen LogP contribution is 2.31. The van der Waals surface area contributed by atoms with Crippen LogP contribution in [0, 0.1) is 10.1 Å². The van der Waals surface area contributed by atoms with E-state index in [-0.39, 0.29) is 10.6 Å². The number of nitrogens with zero attached hydrogens (tertiary/aromatic N) is 3. The number of hydrogen-bond acceptors (Lipinski definition) is 7. The van der Waals surface area contributed by atoms with E-state index >= 15 is 0 Å². The zero-order valence-electron chi connectivity index (χ0n) is 16.1. The largest absolute Gasteiger partial charge is 0.384 e. The second-order valence-electron chi connectivity index (χ2n) is 7.41. The van der Waals surface area contributed by atoms with Crippen molar-refractivity contribution in [3.05, 3.63) is 43.9 Å². The molecule has 1 fully saturated rings. The van der Waals surface area contributed by atoms with Gasteiger partial charge in [-0.1, -0.05) is 0 Å². The first kappa shape index (κ1) is 20.2. The summed E-state index contributed by atoms with van der Waals surface area (Å²) in [4.78, 5) is 16.7. The Hall–Kier alpha value is -2.04. The lowest BCUT2D eigenvalue weighted by molar-refractivity contribution is -0.385. The van der Waals surface area contributed by atoms with Crippen LogP contribution in [0.4, 0.5) is 11.4 Å². The van der Waals surface area contributed by atoms with Gasteiger partial charge in [0.25, 0.3) is 5.69 Å².